The van der Waals surface area contributed by atoms with Gasteiger partial charge in [-0.2, -0.15) is 0 Å². The molecule has 2 aromatic heterocycles. The van der Waals surface area contributed by atoms with E-state index >= 15 is 0 Å². The molecule has 0 amide bonds. The Balaban J connectivity index is 1.99. The first kappa shape index (κ1) is 20.9. The van der Waals surface area contributed by atoms with Crippen molar-refractivity contribution in [3.8, 4) is 33.1 Å². The highest BCUT2D eigenvalue weighted by Crippen LogP contribution is 2.48. The van der Waals surface area contributed by atoms with Gasteiger partial charge in [-0.15, -0.1) is 11.3 Å². The number of ether oxygens (including phenoxy) is 3. The zero-order chi connectivity index (χ0) is 21.3. The minimum atomic E-state index is 0.174. The summed E-state index contributed by atoms with van der Waals surface area (Å²) < 4.78 is 16.0. The Morgan fingerprint density at radius 3 is 2.67 bits per heavy atom. The lowest BCUT2D eigenvalue weighted by molar-refractivity contribution is 0.0511. The SMILES string of the molecule is COCOc1cccc(-c2sc3ncnc(Cl)c3c2-c2ccc(OC)c(Cl)c2C)c1. The zero-order valence-electron chi connectivity index (χ0n) is 16.5. The van der Waals surface area contributed by atoms with Gasteiger partial charge >= 0.3 is 0 Å². The molecule has 0 bridgehead atoms. The summed E-state index contributed by atoms with van der Waals surface area (Å²) in [6.45, 7) is 2.14. The van der Waals surface area contributed by atoms with Crippen LogP contribution in [0.5, 0.6) is 11.5 Å². The predicted octanol–water partition coefficient (Wildman–Crippen LogP) is 6.63. The predicted molar refractivity (Wildman–Crippen MR) is 122 cm³/mol. The average Bonchev–Trinajstić information content (AvgIpc) is 3.15. The molecule has 0 aliphatic carbocycles. The van der Waals surface area contributed by atoms with E-state index in [2.05, 4.69) is 9.97 Å². The summed E-state index contributed by atoms with van der Waals surface area (Å²) in [7, 11) is 3.19. The minimum Gasteiger partial charge on any atom is -0.495 e. The summed E-state index contributed by atoms with van der Waals surface area (Å²) in [4.78, 5) is 10.5. The number of aromatic nitrogens is 2. The second-order valence-corrected chi connectivity index (χ2v) is 8.22. The van der Waals surface area contributed by atoms with Gasteiger partial charge in [0.05, 0.1) is 17.5 Å². The van der Waals surface area contributed by atoms with Gasteiger partial charge in [0.15, 0.2) is 6.79 Å². The van der Waals surface area contributed by atoms with Crippen LogP contribution >= 0.6 is 34.5 Å². The van der Waals surface area contributed by atoms with E-state index in [-0.39, 0.29) is 6.79 Å². The molecule has 4 rings (SSSR count). The summed E-state index contributed by atoms with van der Waals surface area (Å²) in [5.41, 5.74) is 3.75. The molecule has 4 aromatic rings. The molecular formula is C22H18Cl2N2O3S. The van der Waals surface area contributed by atoms with E-state index in [1.165, 1.54) is 6.33 Å². The van der Waals surface area contributed by atoms with Gasteiger partial charge in [0.2, 0.25) is 0 Å². The lowest BCUT2D eigenvalue weighted by Crippen LogP contribution is -1.98. The van der Waals surface area contributed by atoms with Crippen LogP contribution in [0.4, 0.5) is 0 Å². The van der Waals surface area contributed by atoms with Crippen molar-refractivity contribution in [1.82, 2.24) is 9.97 Å². The lowest BCUT2D eigenvalue weighted by Gasteiger charge is -2.13. The molecule has 0 spiro atoms. The topological polar surface area (TPSA) is 53.5 Å². The quantitative estimate of drug-likeness (QED) is 0.238. The van der Waals surface area contributed by atoms with Crippen LogP contribution in [0.2, 0.25) is 10.2 Å². The fraction of sp³-hybridized carbons (Fsp3) is 0.182. The number of benzene rings is 2. The maximum atomic E-state index is 6.57. The van der Waals surface area contributed by atoms with Gasteiger partial charge in [-0.25, -0.2) is 9.97 Å². The first-order chi connectivity index (χ1) is 14.5. The van der Waals surface area contributed by atoms with Crippen molar-refractivity contribution in [3.63, 3.8) is 0 Å². The van der Waals surface area contributed by atoms with E-state index in [1.807, 2.05) is 43.3 Å². The molecule has 0 aliphatic heterocycles. The van der Waals surface area contributed by atoms with Crippen LogP contribution < -0.4 is 9.47 Å². The Hall–Kier alpha value is -2.38. The molecular weight excluding hydrogens is 443 g/mol. The fourth-order valence-electron chi connectivity index (χ4n) is 3.30. The molecule has 30 heavy (non-hydrogen) atoms. The number of methoxy groups -OCH3 is 2. The first-order valence-corrected chi connectivity index (χ1v) is 10.6. The molecule has 2 aromatic carbocycles. The van der Waals surface area contributed by atoms with Crippen LogP contribution in [0.3, 0.4) is 0 Å². The maximum Gasteiger partial charge on any atom is 0.188 e. The zero-order valence-corrected chi connectivity index (χ0v) is 18.9. The highest BCUT2D eigenvalue weighted by atomic mass is 35.5. The summed E-state index contributed by atoms with van der Waals surface area (Å²) >= 11 is 14.6. The third-order valence-corrected chi connectivity index (χ3v) is 6.63. The lowest BCUT2D eigenvalue weighted by atomic mass is 9.96. The normalized spacial score (nSPS) is 11.1. The average molecular weight is 461 g/mol. The number of rotatable bonds is 6. The minimum absolute atomic E-state index is 0.174. The van der Waals surface area contributed by atoms with E-state index in [9.17, 15) is 0 Å². The maximum absolute atomic E-state index is 6.57. The number of halogens is 2. The second-order valence-electron chi connectivity index (χ2n) is 6.48. The van der Waals surface area contributed by atoms with E-state index in [0.717, 1.165) is 37.3 Å². The second kappa shape index (κ2) is 8.78. The Morgan fingerprint density at radius 2 is 1.90 bits per heavy atom. The molecule has 0 atom stereocenters. The molecule has 0 saturated heterocycles. The Kier molecular flexibility index (Phi) is 6.11. The summed E-state index contributed by atoms with van der Waals surface area (Å²) in [6, 6.07) is 11.7. The molecule has 0 unspecified atom stereocenters. The number of hydrogen-bond acceptors (Lipinski definition) is 6. The molecule has 0 aliphatic rings. The number of thiophene rings is 1. The fourth-order valence-corrected chi connectivity index (χ4v) is 4.98. The summed E-state index contributed by atoms with van der Waals surface area (Å²) in [6.07, 6.45) is 1.47. The van der Waals surface area contributed by atoms with Crippen LogP contribution in [0.25, 0.3) is 31.8 Å². The van der Waals surface area contributed by atoms with Gasteiger partial charge in [-0.3, -0.25) is 0 Å². The van der Waals surface area contributed by atoms with Crippen LogP contribution in [-0.4, -0.2) is 31.0 Å². The van der Waals surface area contributed by atoms with Crippen LogP contribution in [-0.2, 0) is 4.74 Å². The van der Waals surface area contributed by atoms with Crippen molar-refractivity contribution in [2.24, 2.45) is 0 Å². The third kappa shape index (κ3) is 3.72. The van der Waals surface area contributed by atoms with E-state index in [1.54, 1.807) is 25.6 Å². The molecule has 0 radical (unpaired) electrons. The van der Waals surface area contributed by atoms with E-state index in [0.29, 0.717) is 21.7 Å². The van der Waals surface area contributed by atoms with Gasteiger partial charge in [-0.05, 0) is 41.8 Å². The smallest absolute Gasteiger partial charge is 0.188 e. The molecule has 2 heterocycles. The van der Waals surface area contributed by atoms with Crippen LogP contribution in [0.15, 0.2) is 42.7 Å². The highest BCUT2D eigenvalue weighted by Gasteiger charge is 2.22. The van der Waals surface area contributed by atoms with E-state index < -0.39 is 0 Å². The van der Waals surface area contributed by atoms with Crippen molar-refractivity contribution in [2.45, 2.75) is 6.92 Å². The Morgan fingerprint density at radius 1 is 1.07 bits per heavy atom. The molecule has 0 fully saturated rings. The van der Waals surface area contributed by atoms with Gasteiger partial charge in [0.1, 0.15) is 27.8 Å². The van der Waals surface area contributed by atoms with Crippen LogP contribution in [0.1, 0.15) is 5.56 Å². The van der Waals surface area contributed by atoms with Gasteiger partial charge < -0.3 is 14.2 Å². The molecule has 0 N–H and O–H groups in total. The van der Waals surface area contributed by atoms with Crippen molar-refractivity contribution in [2.75, 3.05) is 21.0 Å². The van der Waals surface area contributed by atoms with Gasteiger partial charge in [0, 0.05) is 17.6 Å². The number of hydrogen-bond donors (Lipinski definition) is 0. The van der Waals surface area contributed by atoms with Gasteiger partial charge in [0.25, 0.3) is 0 Å². The standard InChI is InChI=1S/C22H18Cl2N2O3S/c1-12-15(7-8-16(28-3)19(12)23)17-18-21(24)25-10-26-22(18)30-20(17)13-5-4-6-14(9-13)29-11-27-2/h4-10H,11H2,1-3H3. The van der Waals surface area contributed by atoms with Crippen molar-refractivity contribution < 1.29 is 14.2 Å². The van der Waals surface area contributed by atoms with Crippen molar-refractivity contribution in [3.05, 3.63) is 58.5 Å². The van der Waals surface area contributed by atoms with Crippen molar-refractivity contribution >= 4 is 44.8 Å². The van der Waals surface area contributed by atoms with Crippen LogP contribution in [0, 0.1) is 6.92 Å². The summed E-state index contributed by atoms with van der Waals surface area (Å²) in [5.74, 6) is 1.33. The van der Waals surface area contributed by atoms with Crippen molar-refractivity contribution in [1.29, 1.82) is 0 Å². The third-order valence-electron chi connectivity index (χ3n) is 4.72. The summed E-state index contributed by atoms with van der Waals surface area (Å²) in [5, 5.41) is 1.76. The molecule has 154 valence electrons. The number of fused-ring (bicyclic) bond motifs is 1. The highest BCUT2D eigenvalue weighted by molar-refractivity contribution is 7.22. The van der Waals surface area contributed by atoms with Gasteiger partial charge in [-0.1, -0.05) is 41.4 Å². The van der Waals surface area contributed by atoms with E-state index in [4.69, 9.17) is 37.4 Å². The molecule has 5 nitrogen and oxygen atoms in total. The largest absolute Gasteiger partial charge is 0.495 e. The number of nitrogens with zero attached hydrogens (tertiary/aromatic N) is 2. The monoisotopic (exact) mass is 460 g/mol. The Bertz CT molecular complexity index is 1230. The molecule has 0 saturated carbocycles. The Labute approximate surface area is 188 Å². The first-order valence-electron chi connectivity index (χ1n) is 9.03. The molecule has 8 heteroatoms.